The first-order valence-corrected chi connectivity index (χ1v) is 12.8. The predicted octanol–water partition coefficient (Wildman–Crippen LogP) is 3.98. The van der Waals surface area contributed by atoms with Crippen molar-refractivity contribution in [3.63, 3.8) is 0 Å². The minimum atomic E-state index is -0.577. The molecule has 0 bridgehead atoms. The third-order valence-corrected chi connectivity index (χ3v) is 9.28. The molecule has 0 amide bonds. The summed E-state index contributed by atoms with van der Waals surface area (Å²) in [6.07, 6.45) is 11.0. The van der Waals surface area contributed by atoms with Gasteiger partial charge in [-0.05, 0) is 5.92 Å². The summed E-state index contributed by atoms with van der Waals surface area (Å²) in [5, 5.41) is 0. The first-order chi connectivity index (χ1) is 12.6. The van der Waals surface area contributed by atoms with Crippen molar-refractivity contribution in [3.05, 3.63) is 45.6 Å². The maximum absolute atomic E-state index is 14.7. The van der Waals surface area contributed by atoms with Gasteiger partial charge in [0.1, 0.15) is 0 Å². The number of aryl methyl sites for hydroxylation is 1. The van der Waals surface area contributed by atoms with E-state index in [-0.39, 0.29) is 27.1 Å². The fourth-order valence-corrected chi connectivity index (χ4v) is 6.86. The molecule has 0 atom stereocenters. The van der Waals surface area contributed by atoms with Crippen molar-refractivity contribution < 1.29 is 30.0 Å². The minimum absolute atomic E-state index is 0.0787. The molecule has 0 saturated heterocycles. The van der Waals surface area contributed by atoms with Gasteiger partial charge in [-0.25, -0.2) is 0 Å². The van der Waals surface area contributed by atoms with E-state index < -0.39 is 11.6 Å². The van der Waals surface area contributed by atoms with Crippen molar-refractivity contribution in [3.8, 4) is 0 Å². The Morgan fingerprint density at radius 3 is 2.35 bits per heavy atom. The SMILES string of the molecule is C=C[I-]C1CCC(c2ccc(CCC3CCC(C)CC3)c(F)c2F)CC1. The van der Waals surface area contributed by atoms with Crippen molar-refractivity contribution >= 4 is 0 Å². The maximum atomic E-state index is 14.7. The Morgan fingerprint density at radius 2 is 1.69 bits per heavy atom. The van der Waals surface area contributed by atoms with E-state index in [9.17, 15) is 8.78 Å². The zero-order valence-electron chi connectivity index (χ0n) is 16.0. The summed E-state index contributed by atoms with van der Waals surface area (Å²) < 4.78 is 32.2. The average Bonchev–Trinajstić information content (AvgIpc) is 2.65. The third kappa shape index (κ3) is 5.08. The molecule has 2 fully saturated rings. The van der Waals surface area contributed by atoms with E-state index in [1.165, 1.54) is 25.7 Å². The van der Waals surface area contributed by atoms with Gasteiger partial charge in [-0.2, -0.15) is 0 Å². The van der Waals surface area contributed by atoms with Crippen LogP contribution in [0.4, 0.5) is 8.78 Å². The molecule has 0 aliphatic heterocycles. The van der Waals surface area contributed by atoms with Gasteiger partial charge in [0.2, 0.25) is 0 Å². The van der Waals surface area contributed by atoms with Crippen molar-refractivity contribution in [2.45, 2.75) is 81.0 Å². The summed E-state index contributed by atoms with van der Waals surface area (Å²) in [5.74, 6) is 0.581. The number of halogens is 3. The molecule has 0 aromatic heterocycles. The molecule has 0 spiro atoms. The summed E-state index contributed by atoms with van der Waals surface area (Å²) in [4.78, 5) is 0. The number of benzene rings is 1. The van der Waals surface area contributed by atoms with Gasteiger partial charge in [-0.3, -0.25) is 0 Å². The first-order valence-electron chi connectivity index (χ1n) is 10.3. The first kappa shape index (κ1) is 20.3. The Hall–Kier alpha value is -0.450. The molecule has 2 aliphatic carbocycles. The molecule has 3 rings (SSSR count). The Morgan fingerprint density at radius 1 is 1.00 bits per heavy atom. The summed E-state index contributed by atoms with van der Waals surface area (Å²) in [6.45, 7) is 6.18. The molecule has 0 radical (unpaired) electrons. The second kappa shape index (κ2) is 9.66. The molecule has 146 valence electrons. The number of alkyl halides is 1. The third-order valence-electron chi connectivity index (χ3n) is 6.51. The number of rotatable bonds is 6. The molecule has 2 saturated carbocycles. The molecule has 3 heteroatoms. The van der Waals surface area contributed by atoms with E-state index in [0.717, 1.165) is 41.9 Å². The van der Waals surface area contributed by atoms with Crippen molar-refractivity contribution in [1.29, 1.82) is 0 Å². The van der Waals surface area contributed by atoms with E-state index in [0.29, 0.717) is 23.5 Å². The molecule has 0 nitrogen and oxygen atoms in total. The normalized spacial score (nSPS) is 29.7. The van der Waals surface area contributed by atoms with Gasteiger partial charge in [-0.15, -0.1) is 0 Å². The summed E-state index contributed by atoms with van der Waals surface area (Å²) >= 11 is 0.0787. The fraction of sp³-hybridized carbons (Fsp3) is 0.652. The van der Waals surface area contributed by atoms with Crippen LogP contribution in [0.5, 0.6) is 0 Å². The molecular formula is C23H32F2I-. The summed E-state index contributed by atoms with van der Waals surface area (Å²) in [5.41, 5.74) is 1.20. The van der Waals surface area contributed by atoms with Crippen molar-refractivity contribution in [1.82, 2.24) is 0 Å². The molecule has 1 aromatic rings. The molecule has 1 aromatic carbocycles. The van der Waals surface area contributed by atoms with Crippen LogP contribution in [0.15, 0.2) is 22.8 Å². The van der Waals surface area contributed by atoms with Crippen LogP contribution in [0.1, 0.15) is 81.8 Å². The van der Waals surface area contributed by atoms with Gasteiger partial charge in [0.15, 0.2) is 0 Å². The van der Waals surface area contributed by atoms with Gasteiger partial charge < -0.3 is 0 Å². The van der Waals surface area contributed by atoms with Crippen LogP contribution in [0.3, 0.4) is 0 Å². The predicted molar refractivity (Wildman–Crippen MR) is 101 cm³/mol. The molecule has 2 aliphatic rings. The molecule has 0 N–H and O–H groups in total. The zero-order valence-corrected chi connectivity index (χ0v) is 18.1. The monoisotopic (exact) mass is 473 g/mol. The van der Waals surface area contributed by atoms with Gasteiger partial charge in [0, 0.05) is 0 Å². The van der Waals surface area contributed by atoms with Crippen LogP contribution in [-0.2, 0) is 6.42 Å². The van der Waals surface area contributed by atoms with E-state index in [4.69, 9.17) is 0 Å². The van der Waals surface area contributed by atoms with E-state index >= 15 is 0 Å². The Kier molecular flexibility index (Phi) is 7.54. The number of hydrogen-bond acceptors (Lipinski definition) is 0. The van der Waals surface area contributed by atoms with Gasteiger partial charge in [-0.1, -0.05) is 19.8 Å². The van der Waals surface area contributed by atoms with Crippen molar-refractivity contribution in [2.75, 3.05) is 0 Å². The fourth-order valence-electron chi connectivity index (χ4n) is 4.71. The molecule has 0 heterocycles. The topological polar surface area (TPSA) is 0 Å². The summed E-state index contributed by atoms with van der Waals surface area (Å²) in [7, 11) is 0. The summed E-state index contributed by atoms with van der Waals surface area (Å²) in [6, 6.07) is 3.74. The molecule has 26 heavy (non-hydrogen) atoms. The van der Waals surface area contributed by atoms with E-state index in [2.05, 4.69) is 17.6 Å². The van der Waals surface area contributed by atoms with Gasteiger partial charge in [0.05, 0.1) is 0 Å². The van der Waals surface area contributed by atoms with E-state index in [1.54, 1.807) is 0 Å². The van der Waals surface area contributed by atoms with Crippen LogP contribution in [0, 0.1) is 23.5 Å². The second-order valence-corrected chi connectivity index (χ2v) is 11.7. The Balaban J connectivity index is 1.59. The van der Waals surface area contributed by atoms with Crippen LogP contribution < -0.4 is 21.2 Å². The average molecular weight is 473 g/mol. The van der Waals surface area contributed by atoms with Crippen LogP contribution in [-0.4, -0.2) is 3.92 Å². The van der Waals surface area contributed by atoms with Crippen LogP contribution >= 0.6 is 0 Å². The zero-order chi connectivity index (χ0) is 18.5. The second-order valence-electron chi connectivity index (χ2n) is 8.34. The van der Waals surface area contributed by atoms with E-state index in [1.807, 2.05) is 12.1 Å². The Labute approximate surface area is 168 Å². The Bertz CT molecular complexity index is 596. The molecular weight excluding hydrogens is 441 g/mol. The van der Waals surface area contributed by atoms with Gasteiger partial charge >= 0.3 is 143 Å². The van der Waals surface area contributed by atoms with Crippen LogP contribution in [0.2, 0.25) is 0 Å². The standard InChI is InChI=1S/C23H32F2I/c1-3-26-20-13-10-18(11-14-20)21-15-12-19(22(24)23(21)25)9-8-17-6-4-16(2)5-7-17/h3,12,15-18,20H,1,4-11,13-14H2,2H3/q-1. The quantitative estimate of drug-likeness (QED) is 0.433. The molecule has 0 unspecified atom stereocenters. The number of hydrogen-bond donors (Lipinski definition) is 0. The van der Waals surface area contributed by atoms with Crippen LogP contribution in [0.25, 0.3) is 0 Å². The van der Waals surface area contributed by atoms with Gasteiger partial charge in [0.25, 0.3) is 0 Å². The van der Waals surface area contributed by atoms with Crippen molar-refractivity contribution in [2.24, 2.45) is 11.8 Å².